The van der Waals surface area contributed by atoms with Gasteiger partial charge in [0.25, 0.3) is 0 Å². The lowest BCUT2D eigenvalue weighted by molar-refractivity contribution is -0.143. The minimum atomic E-state index is -7.39. The Labute approximate surface area is 324 Å². The summed E-state index contributed by atoms with van der Waals surface area (Å²) < 4.78 is 352. The van der Waals surface area contributed by atoms with E-state index in [1.54, 1.807) is 0 Å². The fourth-order valence-electron chi connectivity index (χ4n) is 7.25. The van der Waals surface area contributed by atoms with Crippen LogP contribution in [0.25, 0.3) is 17.2 Å². The molecule has 0 N–H and O–H groups in total. The number of benzene rings is 5. The Morgan fingerprint density at radius 1 is 0.377 bits per heavy atom. The van der Waals surface area contributed by atoms with Crippen molar-refractivity contribution >= 4 is 34.1 Å². The highest BCUT2D eigenvalue weighted by Crippen LogP contribution is 2.41. The summed E-state index contributed by atoms with van der Waals surface area (Å²) in [6.45, 7) is 2.70. The maximum Gasteiger partial charge on any atom is 0.422 e. The van der Waals surface area contributed by atoms with Gasteiger partial charge in [0.2, 0.25) is 0 Å². The van der Waals surface area contributed by atoms with Crippen molar-refractivity contribution in [1.29, 1.82) is 0 Å². The quantitative estimate of drug-likeness (QED) is 0.0905. The van der Waals surface area contributed by atoms with Crippen molar-refractivity contribution in [2.24, 2.45) is 0 Å². The standard InChI is InChI=1S/C37H13BF23/c1-4-11-5-7-12(8-6-11)13-23(41)29(47)19(30(48)24(13)42)38(17-21(39)9(2)14(35(53,54)55)25(43)31(17)49,18-22(40)10(3)15(36(56,57)58)26(44)32(18)50)20-33(51)27(45)16(37(59,60)61)28(46)34(20)52/h4-8H,1H2,2-3H3/q-1. The van der Waals surface area contributed by atoms with Crippen LogP contribution in [0.1, 0.15) is 33.4 Å². The van der Waals surface area contributed by atoms with Crippen LogP contribution in [-0.2, 0) is 18.5 Å². The Kier molecular flexibility index (Phi) is 11.4. The van der Waals surface area contributed by atoms with Gasteiger partial charge >= 0.3 is 18.5 Å². The van der Waals surface area contributed by atoms with Gasteiger partial charge in [-0.15, -0.1) is 21.9 Å². The summed E-state index contributed by atoms with van der Waals surface area (Å²) in [5.41, 5.74) is -32.4. The summed E-state index contributed by atoms with van der Waals surface area (Å²) >= 11 is 0. The third-order valence-corrected chi connectivity index (χ3v) is 9.79. The van der Waals surface area contributed by atoms with E-state index in [4.69, 9.17) is 0 Å². The van der Waals surface area contributed by atoms with Gasteiger partial charge in [0.1, 0.15) is 46.6 Å². The lowest BCUT2D eigenvalue weighted by Gasteiger charge is -2.46. The molecule has 0 aromatic heterocycles. The number of hydrogen-bond donors (Lipinski definition) is 0. The fourth-order valence-corrected chi connectivity index (χ4v) is 7.25. The van der Waals surface area contributed by atoms with Gasteiger partial charge in [-0.25, -0.2) is 61.5 Å². The van der Waals surface area contributed by atoms with Gasteiger partial charge < -0.3 is 0 Å². The zero-order valence-corrected chi connectivity index (χ0v) is 29.4. The molecule has 0 unspecified atom stereocenters. The second-order valence-corrected chi connectivity index (χ2v) is 13.0. The number of halogens is 23. The molecule has 0 spiro atoms. The molecule has 326 valence electrons. The average Bonchev–Trinajstić information content (AvgIpc) is 3.14. The van der Waals surface area contributed by atoms with E-state index < -0.39 is 167 Å². The molecule has 0 atom stereocenters. The van der Waals surface area contributed by atoms with Crippen molar-refractivity contribution in [3.8, 4) is 11.1 Å². The summed E-state index contributed by atoms with van der Waals surface area (Å²) in [6.07, 6.45) is -25.7. The molecule has 24 heteroatoms. The molecule has 0 radical (unpaired) electrons. The molecule has 5 rings (SSSR count). The van der Waals surface area contributed by atoms with Crippen molar-refractivity contribution in [3.63, 3.8) is 0 Å². The summed E-state index contributed by atoms with van der Waals surface area (Å²) in [5.74, 6) is -51.0. The van der Waals surface area contributed by atoms with Gasteiger partial charge in [0.15, 0.2) is 34.9 Å². The minimum Gasteiger partial charge on any atom is -0.210 e. The first-order valence-corrected chi connectivity index (χ1v) is 16.0. The van der Waals surface area contributed by atoms with Crippen LogP contribution < -0.4 is 21.9 Å². The summed E-state index contributed by atoms with van der Waals surface area (Å²) in [7, 11) is 0. The second-order valence-electron chi connectivity index (χ2n) is 13.0. The van der Waals surface area contributed by atoms with Gasteiger partial charge in [-0.05, 0) is 36.1 Å². The Morgan fingerprint density at radius 3 is 0.918 bits per heavy atom. The van der Waals surface area contributed by atoms with E-state index in [-0.39, 0.29) is 19.4 Å². The van der Waals surface area contributed by atoms with Crippen LogP contribution in [0.5, 0.6) is 0 Å². The molecule has 0 bridgehead atoms. The minimum absolute atomic E-state index is 0.0816. The summed E-state index contributed by atoms with van der Waals surface area (Å²) in [5, 5.41) is 0. The lowest BCUT2D eigenvalue weighted by Crippen LogP contribution is -2.81. The molecule has 0 saturated heterocycles. The Morgan fingerprint density at radius 2 is 0.639 bits per heavy atom. The second kappa shape index (κ2) is 15.0. The van der Waals surface area contributed by atoms with Crippen LogP contribution >= 0.6 is 0 Å². The molecule has 61 heavy (non-hydrogen) atoms. The first-order chi connectivity index (χ1) is 27.8. The smallest absolute Gasteiger partial charge is 0.210 e. The van der Waals surface area contributed by atoms with E-state index in [1.807, 2.05) is 0 Å². The molecule has 0 amide bonds. The van der Waals surface area contributed by atoms with Gasteiger partial charge in [-0.2, -0.15) is 39.5 Å². The molecule has 5 aromatic rings. The number of rotatable bonds is 6. The first kappa shape index (κ1) is 46.4. The van der Waals surface area contributed by atoms with E-state index in [1.165, 1.54) is 0 Å². The monoisotopic (exact) mass is 905 g/mol. The number of alkyl halides is 9. The Balaban J connectivity index is 2.35. The Bertz CT molecular complexity index is 2360. The summed E-state index contributed by atoms with van der Waals surface area (Å²) in [6, 6.07) is 3.01. The average molecular weight is 905 g/mol. The largest absolute Gasteiger partial charge is 0.422 e. The van der Waals surface area contributed by atoms with Crippen LogP contribution in [-0.4, -0.2) is 6.15 Å². The van der Waals surface area contributed by atoms with E-state index in [2.05, 4.69) is 6.58 Å². The van der Waals surface area contributed by atoms with Crippen molar-refractivity contribution in [1.82, 2.24) is 0 Å². The predicted molar refractivity (Wildman–Crippen MR) is 169 cm³/mol. The van der Waals surface area contributed by atoms with Gasteiger partial charge in [-0.3, -0.25) is 0 Å². The maximum atomic E-state index is 16.9. The van der Waals surface area contributed by atoms with Crippen LogP contribution in [0.4, 0.5) is 101 Å². The topological polar surface area (TPSA) is 0 Å². The van der Waals surface area contributed by atoms with E-state index in [0.29, 0.717) is 12.1 Å². The predicted octanol–water partition coefficient (Wildman–Crippen LogP) is 11.0. The zero-order chi connectivity index (χ0) is 46.5. The normalized spacial score (nSPS) is 12.7. The molecule has 0 aliphatic heterocycles. The van der Waals surface area contributed by atoms with Crippen LogP contribution in [0.3, 0.4) is 0 Å². The molecule has 0 fully saturated rings. The molecule has 0 saturated carbocycles. The highest BCUT2D eigenvalue weighted by atomic mass is 19.4. The third kappa shape index (κ3) is 6.75. The van der Waals surface area contributed by atoms with Gasteiger partial charge in [0, 0.05) is 0 Å². The lowest BCUT2D eigenvalue weighted by atomic mass is 9.12. The molecular formula is C37H13BF23-. The van der Waals surface area contributed by atoms with Crippen molar-refractivity contribution in [2.75, 3.05) is 0 Å². The molecule has 0 nitrogen and oxygen atoms in total. The molecule has 5 aromatic carbocycles. The van der Waals surface area contributed by atoms with Crippen molar-refractivity contribution in [2.45, 2.75) is 32.4 Å². The third-order valence-electron chi connectivity index (χ3n) is 9.79. The molecule has 0 aliphatic carbocycles. The highest BCUT2D eigenvalue weighted by molar-refractivity contribution is 7.20. The molecule has 0 heterocycles. The van der Waals surface area contributed by atoms with E-state index in [9.17, 15) is 39.5 Å². The van der Waals surface area contributed by atoms with Crippen LogP contribution in [0.2, 0.25) is 0 Å². The molecular weight excluding hydrogens is 892 g/mol. The van der Waals surface area contributed by atoms with Gasteiger partial charge in [0.05, 0.1) is 28.3 Å². The van der Waals surface area contributed by atoms with Crippen molar-refractivity contribution < 1.29 is 101 Å². The van der Waals surface area contributed by atoms with E-state index >= 15 is 61.5 Å². The Hall–Kier alpha value is -5.71. The highest BCUT2D eigenvalue weighted by Gasteiger charge is 2.55. The SMILES string of the molecule is C=Cc1ccc(-c2c(F)c(F)c([B-](c3c(F)c(C)c(C(F)(F)F)c(F)c3F)(c3c(F)c(C)c(C(F)(F)F)c(F)c3F)c3c(F)c(F)c(C(F)(F)F)c(F)c3F)c(F)c2F)cc1. The maximum absolute atomic E-state index is 16.9. The molecule has 0 aliphatic rings. The fraction of sp³-hybridized carbons (Fsp3) is 0.135. The summed E-state index contributed by atoms with van der Waals surface area (Å²) in [4.78, 5) is 0. The van der Waals surface area contributed by atoms with Crippen molar-refractivity contribution in [3.05, 3.63) is 146 Å². The first-order valence-electron chi connectivity index (χ1n) is 16.0. The van der Waals surface area contributed by atoms with Crippen LogP contribution in [0, 0.1) is 95.3 Å². The van der Waals surface area contributed by atoms with Gasteiger partial charge in [-0.1, -0.05) is 36.9 Å². The zero-order valence-electron chi connectivity index (χ0n) is 29.4. The van der Waals surface area contributed by atoms with E-state index in [0.717, 1.165) is 18.2 Å². The number of hydrogen-bond acceptors (Lipinski definition) is 0. The van der Waals surface area contributed by atoms with Crippen LogP contribution in [0.15, 0.2) is 30.8 Å².